The number of nitrogens with one attached hydrogen (secondary N) is 1. The van der Waals surface area contributed by atoms with Crippen LogP contribution in [-0.4, -0.2) is 4.98 Å². The van der Waals surface area contributed by atoms with Crippen molar-refractivity contribution in [1.29, 1.82) is 0 Å². The van der Waals surface area contributed by atoms with E-state index in [2.05, 4.69) is 53.5 Å². The minimum atomic E-state index is 0.571. The Bertz CT molecular complexity index is 696. The topological polar surface area (TPSA) is 67.8 Å². The zero-order chi connectivity index (χ0) is 13.2. The van der Waals surface area contributed by atoms with Gasteiger partial charge in [0.1, 0.15) is 0 Å². The molecule has 0 atom stereocenters. The van der Waals surface area contributed by atoms with E-state index in [9.17, 15) is 0 Å². The van der Waals surface area contributed by atoms with Crippen molar-refractivity contribution in [1.82, 2.24) is 4.98 Å². The lowest BCUT2D eigenvalue weighted by atomic mass is 10.1. The lowest BCUT2D eigenvalue weighted by molar-refractivity contribution is 1.07. The molecule has 5 N–H and O–H groups in total. The quantitative estimate of drug-likeness (QED) is 0.670. The summed E-state index contributed by atoms with van der Waals surface area (Å²) in [5, 5.41) is 1.20. The molecule has 96 valence electrons. The predicted octanol–water partition coefficient (Wildman–Crippen LogP) is 2.75. The summed E-state index contributed by atoms with van der Waals surface area (Å²) < 4.78 is 0. The second-order valence-electron chi connectivity index (χ2n) is 4.71. The van der Waals surface area contributed by atoms with Crippen LogP contribution < -0.4 is 11.5 Å². The average molecular weight is 251 g/mol. The molecule has 3 heteroatoms. The molecule has 1 aromatic heterocycles. The van der Waals surface area contributed by atoms with Gasteiger partial charge in [-0.15, -0.1) is 0 Å². The lowest BCUT2D eigenvalue weighted by Gasteiger charge is -1.99. The predicted molar refractivity (Wildman–Crippen MR) is 79.5 cm³/mol. The SMILES string of the molecule is NCc1ccc(-c2cc3cc(CN)ccc3[nH]2)cc1. The van der Waals surface area contributed by atoms with Gasteiger partial charge in [-0.1, -0.05) is 30.3 Å². The molecule has 0 aliphatic rings. The summed E-state index contributed by atoms with van der Waals surface area (Å²) in [6.45, 7) is 1.15. The van der Waals surface area contributed by atoms with Crippen LogP contribution in [0.2, 0.25) is 0 Å². The molecular weight excluding hydrogens is 234 g/mol. The molecular formula is C16H17N3. The van der Waals surface area contributed by atoms with Crippen molar-refractivity contribution in [3.8, 4) is 11.3 Å². The number of fused-ring (bicyclic) bond motifs is 1. The maximum absolute atomic E-state index is 5.67. The molecule has 0 aliphatic carbocycles. The maximum Gasteiger partial charge on any atom is 0.0464 e. The van der Waals surface area contributed by atoms with Crippen LogP contribution in [0.15, 0.2) is 48.5 Å². The van der Waals surface area contributed by atoms with Crippen LogP contribution in [0.1, 0.15) is 11.1 Å². The van der Waals surface area contributed by atoms with E-state index in [0.29, 0.717) is 13.1 Å². The number of rotatable bonds is 3. The Morgan fingerprint density at radius 1 is 0.789 bits per heavy atom. The first kappa shape index (κ1) is 12.0. The average Bonchev–Trinajstić information content (AvgIpc) is 2.90. The molecule has 0 bridgehead atoms. The van der Waals surface area contributed by atoms with Crippen LogP contribution in [0.4, 0.5) is 0 Å². The maximum atomic E-state index is 5.67. The smallest absolute Gasteiger partial charge is 0.0464 e. The molecule has 0 unspecified atom stereocenters. The lowest BCUT2D eigenvalue weighted by Crippen LogP contribution is -1.95. The van der Waals surface area contributed by atoms with Crippen LogP contribution in [0.3, 0.4) is 0 Å². The Labute approximate surface area is 112 Å². The molecule has 3 nitrogen and oxygen atoms in total. The molecule has 0 saturated heterocycles. The highest BCUT2D eigenvalue weighted by atomic mass is 14.7. The van der Waals surface area contributed by atoms with E-state index < -0.39 is 0 Å². The van der Waals surface area contributed by atoms with Crippen LogP contribution in [0.5, 0.6) is 0 Å². The monoisotopic (exact) mass is 251 g/mol. The van der Waals surface area contributed by atoms with Gasteiger partial charge >= 0.3 is 0 Å². The summed E-state index contributed by atoms with van der Waals surface area (Å²) in [6, 6.07) is 16.7. The van der Waals surface area contributed by atoms with E-state index in [1.807, 2.05) is 0 Å². The molecule has 3 aromatic rings. The first-order chi connectivity index (χ1) is 9.30. The standard InChI is InChI=1S/C16H17N3/c17-9-11-1-4-13(5-2-11)16-8-14-7-12(10-18)3-6-15(14)19-16/h1-8,19H,9-10,17-18H2. The summed E-state index contributed by atoms with van der Waals surface area (Å²) >= 11 is 0. The Morgan fingerprint density at radius 3 is 2.16 bits per heavy atom. The summed E-state index contributed by atoms with van der Waals surface area (Å²) in [7, 11) is 0. The first-order valence-electron chi connectivity index (χ1n) is 6.41. The molecule has 2 aromatic carbocycles. The van der Waals surface area contributed by atoms with E-state index in [-0.39, 0.29) is 0 Å². The van der Waals surface area contributed by atoms with Crippen LogP contribution in [0.25, 0.3) is 22.2 Å². The molecule has 0 amide bonds. The minimum Gasteiger partial charge on any atom is -0.355 e. The Morgan fingerprint density at radius 2 is 1.47 bits per heavy atom. The van der Waals surface area contributed by atoms with Gasteiger partial charge in [0.2, 0.25) is 0 Å². The van der Waals surface area contributed by atoms with E-state index in [1.54, 1.807) is 0 Å². The van der Waals surface area contributed by atoms with Crippen molar-refractivity contribution in [2.75, 3.05) is 0 Å². The zero-order valence-corrected chi connectivity index (χ0v) is 10.7. The van der Waals surface area contributed by atoms with Gasteiger partial charge in [0.15, 0.2) is 0 Å². The second kappa shape index (κ2) is 4.88. The van der Waals surface area contributed by atoms with Crippen molar-refractivity contribution in [3.05, 3.63) is 59.7 Å². The number of aromatic amines is 1. The zero-order valence-electron chi connectivity index (χ0n) is 10.7. The molecule has 0 radical (unpaired) electrons. The van der Waals surface area contributed by atoms with Crippen molar-refractivity contribution < 1.29 is 0 Å². The first-order valence-corrected chi connectivity index (χ1v) is 6.41. The Hall–Kier alpha value is -2.10. The van der Waals surface area contributed by atoms with E-state index >= 15 is 0 Å². The molecule has 3 rings (SSSR count). The highest BCUT2D eigenvalue weighted by molar-refractivity contribution is 5.86. The normalized spacial score (nSPS) is 11.1. The van der Waals surface area contributed by atoms with Gasteiger partial charge in [0, 0.05) is 29.7 Å². The van der Waals surface area contributed by atoms with Gasteiger partial charge < -0.3 is 16.5 Å². The molecule has 19 heavy (non-hydrogen) atoms. The van der Waals surface area contributed by atoms with Crippen molar-refractivity contribution in [2.24, 2.45) is 11.5 Å². The molecule has 0 saturated carbocycles. The number of hydrogen-bond donors (Lipinski definition) is 3. The van der Waals surface area contributed by atoms with Crippen molar-refractivity contribution in [2.45, 2.75) is 13.1 Å². The van der Waals surface area contributed by atoms with Gasteiger partial charge in [-0.2, -0.15) is 0 Å². The largest absolute Gasteiger partial charge is 0.355 e. The van der Waals surface area contributed by atoms with E-state index in [4.69, 9.17) is 11.5 Å². The fourth-order valence-electron chi connectivity index (χ4n) is 2.28. The number of H-pyrrole nitrogens is 1. The fourth-order valence-corrected chi connectivity index (χ4v) is 2.28. The van der Waals surface area contributed by atoms with Crippen molar-refractivity contribution >= 4 is 10.9 Å². The van der Waals surface area contributed by atoms with Crippen LogP contribution in [0, 0.1) is 0 Å². The number of hydrogen-bond acceptors (Lipinski definition) is 2. The summed E-state index contributed by atoms with van der Waals surface area (Å²) in [5.41, 5.74) is 17.0. The third kappa shape index (κ3) is 2.26. The number of aromatic nitrogens is 1. The van der Waals surface area contributed by atoms with E-state index in [0.717, 1.165) is 22.3 Å². The van der Waals surface area contributed by atoms with Gasteiger partial charge in [-0.25, -0.2) is 0 Å². The molecule has 0 fully saturated rings. The van der Waals surface area contributed by atoms with Crippen molar-refractivity contribution in [3.63, 3.8) is 0 Å². The second-order valence-corrected chi connectivity index (χ2v) is 4.71. The van der Waals surface area contributed by atoms with Crippen LogP contribution >= 0.6 is 0 Å². The number of nitrogens with two attached hydrogens (primary N) is 2. The molecule has 1 heterocycles. The molecule has 0 aliphatic heterocycles. The van der Waals surface area contributed by atoms with Gasteiger partial charge in [0.25, 0.3) is 0 Å². The Balaban J connectivity index is 2.04. The van der Waals surface area contributed by atoms with Gasteiger partial charge in [-0.3, -0.25) is 0 Å². The van der Waals surface area contributed by atoms with Crippen LogP contribution in [-0.2, 0) is 13.1 Å². The minimum absolute atomic E-state index is 0.571. The van der Waals surface area contributed by atoms with Gasteiger partial charge in [0.05, 0.1) is 0 Å². The summed E-state index contributed by atoms with van der Waals surface area (Å²) in [5.74, 6) is 0. The highest BCUT2D eigenvalue weighted by Gasteiger charge is 2.04. The Kier molecular flexibility index (Phi) is 3.07. The summed E-state index contributed by atoms with van der Waals surface area (Å²) in [6.07, 6.45) is 0. The molecule has 0 spiro atoms. The van der Waals surface area contributed by atoms with E-state index in [1.165, 1.54) is 10.9 Å². The summed E-state index contributed by atoms with van der Waals surface area (Å²) in [4.78, 5) is 3.43. The number of benzene rings is 2. The third-order valence-corrected chi connectivity index (χ3v) is 3.42. The highest BCUT2D eigenvalue weighted by Crippen LogP contribution is 2.25. The third-order valence-electron chi connectivity index (χ3n) is 3.42. The fraction of sp³-hybridized carbons (Fsp3) is 0.125. The van der Waals surface area contributed by atoms with Gasteiger partial charge in [-0.05, 0) is 34.9 Å².